The lowest BCUT2D eigenvalue weighted by atomic mass is 10.1. The van der Waals surface area contributed by atoms with E-state index in [2.05, 4.69) is 5.10 Å². The van der Waals surface area contributed by atoms with Gasteiger partial charge >= 0.3 is 6.18 Å². The minimum absolute atomic E-state index is 0.0419. The Labute approximate surface area is 92.4 Å². The lowest BCUT2D eigenvalue weighted by molar-refractivity contribution is -0.137. The lowest BCUT2D eigenvalue weighted by Crippen LogP contribution is -2.21. The molecule has 6 heteroatoms. The SMILES string of the molecule is CCC(N)Cc1cnn(CCC(F)(F)F)c1. The van der Waals surface area contributed by atoms with E-state index in [0.717, 1.165) is 12.0 Å². The normalized spacial score (nSPS) is 14.1. The van der Waals surface area contributed by atoms with Crippen LogP contribution < -0.4 is 5.73 Å². The van der Waals surface area contributed by atoms with Crippen molar-refractivity contribution in [3.8, 4) is 0 Å². The first-order valence-corrected chi connectivity index (χ1v) is 5.24. The van der Waals surface area contributed by atoms with Gasteiger partial charge in [0.15, 0.2) is 0 Å². The molecule has 1 rings (SSSR count). The Morgan fingerprint density at radius 2 is 2.19 bits per heavy atom. The molecule has 0 aliphatic rings. The van der Waals surface area contributed by atoms with Crippen LogP contribution in [-0.4, -0.2) is 22.0 Å². The molecule has 16 heavy (non-hydrogen) atoms. The van der Waals surface area contributed by atoms with E-state index in [0.29, 0.717) is 6.42 Å². The summed E-state index contributed by atoms with van der Waals surface area (Å²) >= 11 is 0. The van der Waals surface area contributed by atoms with Gasteiger partial charge in [-0.3, -0.25) is 4.68 Å². The zero-order valence-corrected chi connectivity index (χ0v) is 9.17. The Kier molecular flexibility index (Phi) is 4.35. The molecule has 1 aromatic rings. The average molecular weight is 235 g/mol. The Balaban J connectivity index is 2.45. The van der Waals surface area contributed by atoms with Crippen molar-refractivity contribution in [3.05, 3.63) is 18.0 Å². The van der Waals surface area contributed by atoms with Gasteiger partial charge in [-0.15, -0.1) is 0 Å². The summed E-state index contributed by atoms with van der Waals surface area (Å²) in [6, 6.07) is 0.0419. The number of nitrogens with zero attached hydrogens (tertiary/aromatic N) is 2. The van der Waals surface area contributed by atoms with Crippen LogP contribution in [0.15, 0.2) is 12.4 Å². The zero-order valence-electron chi connectivity index (χ0n) is 9.17. The third kappa shape index (κ3) is 4.65. The average Bonchev–Trinajstić information content (AvgIpc) is 2.61. The van der Waals surface area contributed by atoms with Crippen LogP contribution in [0.3, 0.4) is 0 Å². The number of hydrogen-bond donors (Lipinski definition) is 1. The Hall–Kier alpha value is -1.04. The topological polar surface area (TPSA) is 43.8 Å². The molecule has 0 amide bonds. The van der Waals surface area contributed by atoms with Crippen LogP contribution in [0.4, 0.5) is 13.2 Å². The molecule has 1 unspecified atom stereocenters. The smallest absolute Gasteiger partial charge is 0.327 e. The highest BCUT2D eigenvalue weighted by Gasteiger charge is 2.26. The molecule has 2 N–H and O–H groups in total. The van der Waals surface area contributed by atoms with Crippen molar-refractivity contribution in [3.63, 3.8) is 0 Å². The maximum Gasteiger partial charge on any atom is 0.390 e. The van der Waals surface area contributed by atoms with Crippen molar-refractivity contribution >= 4 is 0 Å². The predicted molar refractivity (Wildman–Crippen MR) is 54.9 cm³/mol. The molecule has 0 saturated heterocycles. The maximum absolute atomic E-state index is 12.0. The molecule has 0 aromatic carbocycles. The highest BCUT2D eigenvalue weighted by Crippen LogP contribution is 2.20. The third-order valence-corrected chi connectivity index (χ3v) is 2.33. The van der Waals surface area contributed by atoms with E-state index in [1.54, 1.807) is 12.4 Å². The van der Waals surface area contributed by atoms with E-state index in [1.807, 2.05) is 6.92 Å². The third-order valence-electron chi connectivity index (χ3n) is 2.33. The summed E-state index contributed by atoms with van der Waals surface area (Å²) in [5, 5.41) is 3.87. The van der Waals surface area contributed by atoms with Gasteiger partial charge in [-0.2, -0.15) is 18.3 Å². The van der Waals surface area contributed by atoms with Crippen LogP contribution >= 0.6 is 0 Å². The summed E-state index contributed by atoms with van der Waals surface area (Å²) in [7, 11) is 0. The van der Waals surface area contributed by atoms with Gasteiger partial charge in [0.1, 0.15) is 0 Å². The summed E-state index contributed by atoms with van der Waals surface area (Å²) in [5.41, 5.74) is 6.63. The van der Waals surface area contributed by atoms with Crippen molar-refractivity contribution < 1.29 is 13.2 Å². The van der Waals surface area contributed by atoms with E-state index in [4.69, 9.17) is 5.73 Å². The van der Waals surface area contributed by atoms with Gasteiger partial charge in [-0.1, -0.05) is 6.92 Å². The number of rotatable bonds is 5. The zero-order chi connectivity index (χ0) is 12.2. The number of hydrogen-bond acceptors (Lipinski definition) is 2. The number of aryl methyl sites for hydroxylation is 1. The molecular weight excluding hydrogens is 219 g/mol. The van der Waals surface area contributed by atoms with E-state index in [-0.39, 0.29) is 12.6 Å². The van der Waals surface area contributed by atoms with Gasteiger partial charge in [0.25, 0.3) is 0 Å². The van der Waals surface area contributed by atoms with E-state index < -0.39 is 12.6 Å². The first-order chi connectivity index (χ1) is 7.40. The first kappa shape index (κ1) is 13.0. The van der Waals surface area contributed by atoms with Crippen LogP contribution in [0, 0.1) is 0 Å². The Morgan fingerprint density at radius 1 is 1.50 bits per heavy atom. The van der Waals surface area contributed by atoms with Crippen LogP contribution in [0.25, 0.3) is 0 Å². The molecular formula is C10H16F3N3. The van der Waals surface area contributed by atoms with Crippen molar-refractivity contribution in [2.75, 3.05) is 0 Å². The number of nitrogens with two attached hydrogens (primary N) is 1. The van der Waals surface area contributed by atoms with Gasteiger partial charge in [0.2, 0.25) is 0 Å². The fourth-order valence-corrected chi connectivity index (χ4v) is 1.32. The molecule has 92 valence electrons. The van der Waals surface area contributed by atoms with E-state index >= 15 is 0 Å². The van der Waals surface area contributed by atoms with Gasteiger partial charge in [-0.25, -0.2) is 0 Å². The molecule has 0 fully saturated rings. The minimum atomic E-state index is -4.13. The summed E-state index contributed by atoms with van der Waals surface area (Å²) in [6.45, 7) is 1.84. The fraction of sp³-hybridized carbons (Fsp3) is 0.700. The minimum Gasteiger partial charge on any atom is -0.327 e. The van der Waals surface area contributed by atoms with Crippen molar-refractivity contribution in [2.24, 2.45) is 5.73 Å². The van der Waals surface area contributed by atoms with Crippen molar-refractivity contribution in [2.45, 2.75) is 44.9 Å². The molecule has 0 spiro atoms. The summed E-state index contributed by atoms with van der Waals surface area (Å²) in [4.78, 5) is 0. The molecule has 0 aliphatic heterocycles. The summed E-state index contributed by atoms with van der Waals surface area (Å²) in [5.74, 6) is 0. The second kappa shape index (κ2) is 5.34. The molecule has 0 bridgehead atoms. The second-order valence-electron chi connectivity index (χ2n) is 3.85. The summed E-state index contributed by atoms with van der Waals surface area (Å²) < 4.78 is 37.2. The van der Waals surface area contributed by atoms with Gasteiger partial charge < -0.3 is 5.73 Å². The predicted octanol–water partition coefficient (Wildman–Crippen LogP) is 2.12. The number of aromatic nitrogens is 2. The number of alkyl halides is 3. The van der Waals surface area contributed by atoms with Crippen LogP contribution in [0.1, 0.15) is 25.3 Å². The van der Waals surface area contributed by atoms with E-state index in [9.17, 15) is 13.2 Å². The molecule has 1 heterocycles. The Bertz CT molecular complexity index is 319. The second-order valence-corrected chi connectivity index (χ2v) is 3.85. The largest absolute Gasteiger partial charge is 0.390 e. The van der Waals surface area contributed by atoms with Crippen molar-refractivity contribution in [1.82, 2.24) is 9.78 Å². The Morgan fingerprint density at radius 3 is 2.75 bits per heavy atom. The molecule has 0 radical (unpaired) electrons. The van der Waals surface area contributed by atoms with E-state index in [1.165, 1.54) is 4.68 Å². The summed E-state index contributed by atoms with van der Waals surface area (Å²) in [6.07, 6.45) is -0.288. The number of halogens is 3. The van der Waals surface area contributed by atoms with Crippen molar-refractivity contribution in [1.29, 1.82) is 0 Å². The molecule has 3 nitrogen and oxygen atoms in total. The highest BCUT2D eigenvalue weighted by atomic mass is 19.4. The fourth-order valence-electron chi connectivity index (χ4n) is 1.32. The van der Waals surface area contributed by atoms with Crippen LogP contribution in [0.5, 0.6) is 0 Å². The molecule has 1 aromatic heterocycles. The van der Waals surface area contributed by atoms with Gasteiger partial charge in [0.05, 0.1) is 12.6 Å². The lowest BCUT2D eigenvalue weighted by Gasteiger charge is -2.06. The monoisotopic (exact) mass is 235 g/mol. The van der Waals surface area contributed by atoms with Crippen LogP contribution in [-0.2, 0) is 13.0 Å². The quantitative estimate of drug-likeness (QED) is 0.849. The van der Waals surface area contributed by atoms with Crippen LogP contribution in [0.2, 0.25) is 0 Å². The first-order valence-electron chi connectivity index (χ1n) is 5.24. The van der Waals surface area contributed by atoms with Gasteiger partial charge in [0, 0.05) is 18.8 Å². The van der Waals surface area contributed by atoms with Gasteiger partial charge in [-0.05, 0) is 18.4 Å². The molecule has 0 saturated carbocycles. The standard InChI is InChI=1S/C10H16F3N3/c1-2-9(14)5-8-6-15-16(7-8)4-3-10(11,12)13/h6-7,9H,2-5,14H2,1H3. The maximum atomic E-state index is 12.0. The molecule has 0 aliphatic carbocycles. The highest BCUT2D eigenvalue weighted by molar-refractivity contribution is 5.05. The molecule has 1 atom stereocenters.